The van der Waals surface area contributed by atoms with Crippen molar-refractivity contribution in [3.8, 4) is 11.8 Å². The summed E-state index contributed by atoms with van der Waals surface area (Å²) in [7, 11) is 0. The molecule has 98 valence electrons. The summed E-state index contributed by atoms with van der Waals surface area (Å²) in [6, 6.07) is 9.66. The molecule has 0 fully saturated rings. The van der Waals surface area contributed by atoms with Crippen LogP contribution in [0.25, 0.3) is 5.69 Å². The van der Waals surface area contributed by atoms with Gasteiger partial charge in [0.1, 0.15) is 0 Å². The van der Waals surface area contributed by atoms with Crippen LogP contribution in [0.3, 0.4) is 0 Å². The number of aromatic nitrogens is 2. The second-order valence-electron chi connectivity index (χ2n) is 4.90. The predicted octanol–water partition coefficient (Wildman–Crippen LogP) is 2.25. The zero-order chi connectivity index (χ0) is 14.0. The predicted molar refractivity (Wildman–Crippen MR) is 75.1 cm³/mol. The summed E-state index contributed by atoms with van der Waals surface area (Å²) < 4.78 is 1.91. The minimum absolute atomic E-state index is 0.121. The Kier molecular flexibility index (Phi) is 3.68. The van der Waals surface area contributed by atoms with Gasteiger partial charge in [-0.15, -0.1) is 0 Å². The van der Waals surface area contributed by atoms with E-state index in [0.29, 0.717) is 5.56 Å². The maximum Gasteiger partial charge on any atom is 0.0991 e. The molecule has 1 atom stereocenters. The van der Waals surface area contributed by atoms with Crippen LogP contribution >= 0.6 is 0 Å². The van der Waals surface area contributed by atoms with E-state index in [4.69, 9.17) is 11.0 Å². The fraction of sp³-hybridized carbons (Fsp3) is 0.333. The van der Waals surface area contributed by atoms with E-state index in [0.717, 1.165) is 23.5 Å². The first-order valence-electron chi connectivity index (χ1n) is 6.34. The maximum atomic E-state index is 8.81. The molecule has 0 bridgehead atoms. The van der Waals surface area contributed by atoms with Gasteiger partial charge in [-0.25, -0.2) is 4.68 Å². The number of hydrogen-bond donors (Lipinski definition) is 1. The molecule has 0 aliphatic heterocycles. The molecule has 0 saturated carbocycles. The summed E-state index contributed by atoms with van der Waals surface area (Å²) in [6.45, 7) is 6.05. The Morgan fingerprint density at radius 2 is 1.95 bits per heavy atom. The van der Waals surface area contributed by atoms with Crippen molar-refractivity contribution in [2.45, 2.75) is 33.2 Å². The molecule has 2 aromatic rings. The van der Waals surface area contributed by atoms with Crippen LogP contribution in [0.15, 0.2) is 24.3 Å². The first-order chi connectivity index (χ1) is 9.02. The second-order valence-corrected chi connectivity index (χ2v) is 4.90. The first-order valence-corrected chi connectivity index (χ1v) is 6.34. The lowest BCUT2D eigenvalue weighted by Gasteiger charge is -2.07. The average Bonchev–Trinajstić information content (AvgIpc) is 2.66. The molecule has 0 saturated heterocycles. The second kappa shape index (κ2) is 5.25. The van der Waals surface area contributed by atoms with Crippen LogP contribution in [-0.4, -0.2) is 15.8 Å². The molecule has 4 nitrogen and oxygen atoms in total. The highest BCUT2D eigenvalue weighted by molar-refractivity contribution is 5.41. The summed E-state index contributed by atoms with van der Waals surface area (Å²) >= 11 is 0. The Bertz CT molecular complexity index is 615. The fourth-order valence-electron chi connectivity index (χ4n) is 2.22. The Labute approximate surface area is 113 Å². The van der Waals surface area contributed by atoms with Gasteiger partial charge in [-0.2, -0.15) is 10.4 Å². The summed E-state index contributed by atoms with van der Waals surface area (Å²) in [6.07, 6.45) is 0.827. The van der Waals surface area contributed by atoms with E-state index in [1.54, 1.807) is 12.1 Å². The molecule has 0 aliphatic carbocycles. The van der Waals surface area contributed by atoms with Crippen molar-refractivity contribution in [1.82, 2.24) is 9.78 Å². The summed E-state index contributed by atoms with van der Waals surface area (Å²) in [5, 5.41) is 13.4. The standard InChI is InChI=1S/C15H18N4/c1-10(17)8-15-11(2)18-19(12(15)3)14-6-4-13(9-16)5-7-14/h4-7,10H,8,17H2,1-3H3. The monoisotopic (exact) mass is 254 g/mol. The normalized spacial score (nSPS) is 12.2. The van der Waals surface area contributed by atoms with Crippen LogP contribution < -0.4 is 5.73 Å². The molecule has 19 heavy (non-hydrogen) atoms. The molecule has 4 heteroatoms. The highest BCUT2D eigenvalue weighted by Crippen LogP contribution is 2.19. The number of nitrogens with zero attached hydrogens (tertiary/aromatic N) is 3. The van der Waals surface area contributed by atoms with Crippen molar-refractivity contribution in [3.05, 3.63) is 46.8 Å². The quantitative estimate of drug-likeness (QED) is 0.913. The largest absolute Gasteiger partial charge is 0.328 e. The Hall–Kier alpha value is -2.12. The topological polar surface area (TPSA) is 67.6 Å². The molecule has 0 spiro atoms. The van der Waals surface area contributed by atoms with Gasteiger partial charge in [0.05, 0.1) is 23.0 Å². The summed E-state index contributed by atoms with van der Waals surface area (Å²) in [5.74, 6) is 0. The van der Waals surface area contributed by atoms with E-state index in [-0.39, 0.29) is 6.04 Å². The number of benzene rings is 1. The SMILES string of the molecule is Cc1nn(-c2ccc(C#N)cc2)c(C)c1CC(C)N. The fourth-order valence-corrected chi connectivity index (χ4v) is 2.22. The molecular weight excluding hydrogens is 236 g/mol. The Morgan fingerprint density at radius 3 is 2.47 bits per heavy atom. The van der Waals surface area contributed by atoms with Crippen molar-refractivity contribution in [2.24, 2.45) is 5.73 Å². The van der Waals surface area contributed by atoms with E-state index in [9.17, 15) is 0 Å². The van der Waals surface area contributed by atoms with Gasteiger partial charge in [0, 0.05) is 11.7 Å². The van der Waals surface area contributed by atoms with E-state index in [1.807, 2.05) is 30.7 Å². The number of nitrogens with two attached hydrogens (primary N) is 1. The number of hydrogen-bond acceptors (Lipinski definition) is 3. The van der Waals surface area contributed by atoms with E-state index < -0.39 is 0 Å². The molecule has 2 rings (SSSR count). The number of rotatable bonds is 3. The molecule has 1 aromatic heterocycles. The molecule has 1 aromatic carbocycles. The minimum Gasteiger partial charge on any atom is -0.328 e. The van der Waals surface area contributed by atoms with Crippen molar-refractivity contribution < 1.29 is 0 Å². The van der Waals surface area contributed by atoms with Gasteiger partial charge < -0.3 is 5.73 Å². The van der Waals surface area contributed by atoms with Gasteiger partial charge in [-0.05, 0) is 57.0 Å². The number of nitriles is 1. The Morgan fingerprint density at radius 1 is 1.32 bits per heavy atom. The average molecular weight is 254 g/mol. The van der Waals surface area contributed by atoms with Gasteiger partial charge in [-0.3, -0.25) is 0 Å². The lowest BCUT2D eigenvalue weighted by Crippen LogP contribution is -2.18. The van der Waals surface area contributed by atoms with Gasteiger partial charge in [0.15, 0.2) is 0 Å². The summed E-state index contributed by atoms with van der Waals surface area (Å²) in [5.41, 5.74) is 10.8. The van der Waals surface area contributed by atoms with Gasteiger partial charge in [-0.1, -0.05) is 0 Å². The minimum atomic E-state index is 0.121. The highest BCUT2D eigenvalue weighted by Gasteiger charge is 2.13. The van der Waals surface area contributed by atoms with Crippen LogP contribution in [-0.2, 0) is 6.42 Å². The van der Waals surface area contributed by atoms with Crippen LogP contribution in [0.1, 0.15) is 29.4 Å². The van der Waals surface area contributed by atoms with Crippen LogP contribution in [0.2, 0.25) is 0 Å². The van der Waals surface area contributed by atoms with Crippen LogP contribution in [0.5, 0.6) is 0 Å². The molecule has 1 heterocycles. The van der Waals surface area contributed by atoms with Crippen molar-refractivity contribution in [1.29, 1.82) is 5.26 Å². The van der Waals surface area contributed by atoms with Gasteiger partial charge >= 0.3 is 0 Å². The van der Waals surface area contributed by atoms with E-state index in [2.05, 4.69) is 18.1 Å². The molecule has 0 amide bonds. The van der Waals surface area contributed by atoms with E-state index >= 15 is 0 Å². The zero-order valence-corrected chi connectivity index (χ0v) is 11.5. The van der Waals surface area contributed by atoms with Gasteiger partial charge in [0.25, 0.3) is 0 Å². The van der Waals surface area contributed by atoms with Crippen LogP contribution in [0.4, 0.5) is 0 Å². The van der Waals surface area contributed by atoms with Crippen molar-refractivity contribution in [3.63, 3.8) is 0 Å². The Balaban J connectivity index is 2.42. The summed E-state index contributed by atoms with van der Waals surface area (Å²) in [4.78, 5) is 0. The van der Waals surface area contributed by atoms with Crippen LogP contribution in [0, 0.1) is 25.2 Å². The lowest BCUT2D eigenvalue weighted by atomic mass is 10.1. The molecular formula is C15H18N4. The van der Waals surface area contributed by atoms with Gasteiger partial charge in [0.2, 0.25) is 0 Å². The third-order valence-electron chi connectivity index (χ3n) is 3.21. The third kappa shape index (κ3) is 2.67. The zero-order valence-electron chi connectivity index (χ0n) is 11.5. The van der Waals surface area contributed by atoms with Crippen molar-refractivity contribution >= 4 is 0 Å². The van der Waals surface area contributed by atoms with Crippen molar-refractivity contribution in [2.75, 3.05) is 0 Å². The molecule has 2 N–H and O–H groups in total. The lowest BCUT2D eigenvalue weighted by molar-refractivity contribution is 0.730. The first kappa shape index (κ1) is 13.3. The number of aryl methyl sites for hydroxylation is 1. The molecule has 0 aliphatic rings. The smallest absolute Gasteiger partial charge is 0.0991 e. The third-order valence-corrected chi connectivity index (χ3v) is 3.21. The van der Waals surface area contributed by atoms with E-state index in [1.165, 1.54) is 5.56 Å². The highest BCUT2D eigenvalue weighted by atomic mass is 15.3. The molecule has 0 radical (unpaired) electrons. The molecule has 1 unspecified atom stereocenters. The maximum absolute atomic E-state index is 8.81.